The van der Waals surface area contributed by atoms with Crippen molar-refractivity contribution < 1.29 is 18.3 Å². The number of nitrogens with zero attached hydrogens (tertiary/aromatic N) is 2. The van der Waals surface area contributed by atoms with Crippen LogP contribution in [-0.4, -0.2) is 20.6 Å². The third-order valence-corrected chi connectivity index (χ3v) is 4.38. The van der Waals surface area contributed by atoms with Crippen LogP contribution in [0.3, 0.4) is 0 Å². The highest BCUT2D eigenvalue weighted by Gasteiger charge is 2.18. The molecule has 8 heteroatoms. The fourth-order valence-electron chi connectivity index (χ4n) is 1.88. The maximum atomic E-state index is 12.4. The van der Waals surface area contributed by atoms with Gasteiger partial charge in [0.15, 0.2) is 4.98 Å². The molecule has 7 nitrogen and oxygen atoms in total. The normalized spacial score (nSPS) is 11.6. The van der Waals surface area contributed by atoms with Crippen LogP contribution >= 0.6 is 0 Å². The number of ether oxygens (including phenoxy) is 1. The maximum Gasteiger partial charge on any atom is 0.392 e. The number of diazo groups is 1. The third-order valence-electron chi connectivity index (χ3n) is 3.00. The van der Waals surface area contributed by atoms with Gasteiger partial charge in [0.1, 0.15) is 5.75 Å². The van der Waals surface area contributed by atoms with Gasteiger partial charge in [0, 0.05) is 5.56 Å². The standard InChI is InChI=1S/C15H13N3O4S/c1-22-11-6-8-12(9-7-11)23(20,21)18-14-5-3-2-4-13(14)15(19)10-17-16/h2-10,18H,1H3/p+1. The summed E-state index contributed by atoms with van der Waals surface area (Å²) in [5, 5.41) is 18.3. The van der Waals surface area contributed by atoms with Crippen LogP contribution in [0.2, 0.25) is 0 Å². The molecule has 0 aromatic heterocycles. The number of sulfonamides is 1. The number of benzene rings is 2. The first-order valence-corrected chi connectivity index (χ1v) is 7.96. The minimum atomic E-state index is -3.85. The number of aliphatic hydroxyl groups excluding tert-OH is 1. The minimum Gasteiger partial charge on any atom is -0.501 e. The van der Waals surface area contributed by atoms with E-state index in [1.54, 1.807) is 12.1 Å². The fraction of sp³-hybridized carbons (Fsp3) is 0.0667. The molecule has 0 radical (unpaired) electrons. The second-order valence-electron chi connectivity index (χ2n) is 4.46. The number of nitrogens with one attached hydrogen (secondary N) is 1. The molecule has 0 unspecified atom stereocenters. The summed E-state index contributed by atoms with van der Waals surface area (Å²) in [6, 6.07) is 12.1. The first kappa shape index (κ1) is 16.3. The molecule has 2 aromatic carbocycles. The SMILES string of the molecule is COc1ccc(S(=O)(=O)Nc2ccccc2C(O)=C[N+]#N)cc1. The van der Waals surface area contributed by atoms with Crippen LogP contribution in [0.5, 0.6) is 5.75 Å². The molecule has 0 aliphatic heterocycles. The molecule has 23 heavy (non-hydrogen) atoms. The van der Waals surface area contributed by atoms with Gasteiger partial charge in [-0.3, -0.25) is 4.72 Å². The summed E-state index contributed by atoms with van der Waals surface area (Å²) in [5.41, 5.74) is 0.336. The van der Waals surface area contributed by atoms with E-state index in [0.29, 0.717) is 5.75 Å². The van der Waals surface area contributed by atoms with Crippen molar-refractivity contribution in [3.8, 4) is 5.75 Å². The van der Waals surface area contributed by atoms with Gasteiger partial charge in [-0.15, -0.1) is 0 Å². The molecule has 2 aromatic rings. The average Bonchev–Trinajstić information content (AvgIpc) is 2.55. The summed E-state index contributed by atoms with van der Waals surface area (Å²) >= 11 is 0. The molecular formula is C15H14N3O4S+. The number of anilines is 1. The summed E-state index contributed by atoms with van der Waals surface area (Å²) in [6.07, 6.45) is 0.806. The number of hydrogen-bond donors (Lipinski definition) is 2. The van der Waals surface area contributed by atoms with Gasteiger partial charge in [-0.25, -0.2) is 8.42 Å². The predicted molar refractivity (Wildman–Crippen MR) is 85.9 cm³/mol. The van der Waals surface area contributed by atoms with Crippen LogP contribution in [0, 0.1) is 5.39 Å². The molecule has 0 bridgehead atoms. The average molecular weight is 332 g/mol. The maximum absolute atomic E-state index is 12.4. The molecule has 2 rings (SSSR count). The van der Waals surface area contributed by atoms with Crippen molar-refractivity contribution in [1.82, 2.24) is 0 Å². The molecule has 0 atom stereocenters. The largest absolute Gasteiger partial charge is 0.501 e. The first-order chi connectivity index (χ1) is 11.0. The van der Waals surface area contributed by atoms with E-state index in [9.17, 15) is 13.5 Å². The summed E-state index contributed by atoms with van der Waals surface area (Å²) < 4.78 is 32.2. The van der Waals surface area contributed by atoms with E-state index in [1.807, 2.05) is 0 Å². The Labute approximate surface area is 133 Å². The highest BCUT2D eigenvalue weighted by Crippen LogP contribution is 2.25. The van der Waals surface area contributed by atoms with Gasteiger partial charge >= 0.3 is 6.20 Å². The van der Waals surface area contributed by atoms with Crippen molar-refractivity contribution in [1.29, 1.82) is 5.39 Å². The highest BCUT2D eigenvalue weighted by atomic mass is 32.2. The van der Waals surface area contributed by atoms with E-state index >= 15 is 0 Å². The topological polar surface area (TPSA) is 104 Å². The molecule has 0 spiro atoms. The Hall–Kier alpha value is -3.05. The minimum absolute atomic E-state index is 0.0448. The molecule has 0 fully saturated rings. The number of methoxy groups -OCH3 is 1. The molecule has 0 amide bonds. The van der Waals surface area contributed by atoms with Crippen LogP contribution in [0.25, 0.3) is 10.7 Å². The van der Waals surface area contributed by atoms with Gasteiger partial charge in [0.05, 0.1) is 17.7 Å². The first-order valence-electron chi connectivity index (χ1n) is 6.47. The fourth-order valence-corrected chi connectivity index (χ4v) is 2.96. The van der Waals surface area contributed by atoms with Crippen molar-refractivity contribution in [3.05, 3.63) is 65.3 Å². The molecule has 0 aliphatic rings. The van der Waals surface area contributed by atoms with E-state index in [-0.39, 0.29) is 21.9 Å². The van der Waals surface area contributed by atoms with Gasteiger partial charge in [-0.05, 0) is 36.4 Å². The zero-order chi connectivity index (χ0) is 16.9. The van der Waals surface area contributed by atoms with E-state index < -0.39 is 10.0 Å². The van der Waals surface area contributed by atoms with Crippen LogP contribution in [0.4, 0.5) is 5.69 Å². The van der Waals surface area contributed by atoms with Crippen molar-refractivity contribution in [2.45, 2.75) is 4.90 Å². The van der Waals surface area contributed by atoms with E-state index in [4.69, 9.17) is 10.1 Å². The van der Waals surface area contributed by atoms with E-state index in [1.165, 1.54) is 43.5 Å². The quantitative estimate of drug-likeness (QED) is 0.646. The summed E-state index contributed by atoms with van der Waals surface area (Å²) in [4.78, 5) is 2.77. The van der Waals surface area contributed by atoms with Gasteiger partial charge < -0.3 is 9.84 Å². The second-order valence-corrected chi connectivity index (χ2v) is 6.14. The van der Waals surface area contributed by atoms with E-state index in [0.717, 1.165) is 6.20 Å². The van der Waals surface area contributed by atoms with Gasteiger partial charge in [0.25, 0.3) is 10.0 Å². The van der Waals surface area contributed by atoms with E-state index in [2.05, 4.69) is 9.70 Å². The number of para-hydroxylation sites is 1. The molecule has 2 N–H and O–H groups in total. The van der Waals surface area contributed by atoms with Crippen molar-refractivity contribution in [2.24, 2.45) is 0 Å². The molecule has 118 valence electrons. The summed E-state index contributed by atoms with van der Waals surface area (Å²) in [7, 11) is -2.36. The van der Waals surface area contributed by atoms with Crippen LogP contribution in [0.15, 0.2) is 59.6 Å². The highest BCUT2D eigenvalue weighted by molar-refractivity contribution is 7.92. The lowest BCUT2D eigenvalue weighted by molar-refractivity contribution is 0.414. The third kappa shape index (κ3) is 3.78. The Balaban J connectivity index is 2.38. The molecular weight excluding hydrogens is 318 g/mol. The lowest BCUT2D eigenvalue weighted by Crippen LogP contribution is -2.14. The zero-order valence-corrected chi connectivity index (χ0v) is 13.0. The van der Waals surface area contributed by atoms with Crippen LogP contribution in [-0.2, 0) is 10.0 Å². The molecule has 0 saturated carbocycles. The number of rotatable bonds is 5. The Morgan fingerprint density at radius 3 is 2.48 bits per heavy atom. The molecule has 0 saturated heterocycles. The lowest BCUT2D eigenvalue weighted by Gasteiger charge is -2.11. The van der Waals surface area contributed by atoms with Gasteiger partial charge in [-0.2, -0.15) is 0 Å². The van der Waals surface area contributed by atoms with Gasteiger partial charge in [0.2, 0.25) is 11.2 Å². The van der Waals surface area contributed by atoms with Gasteiger partial charge in [-0.1, -0.05) is 12.1 Å². The Bertz CT molecular complexity index is 868. The van der Waals surface area contributed by atoms with Crippen molar-refractivity contribution in [3.63, 3.8) is 0 Å². The molecule has 0 aliphatic carbocycles. The smallest absolute Gasteiger partial charge is 0.392 e. The molecule has 0 heterocycles. The zero-order valence-electron chi connectivity index (χ0n) is 12.2. The Morgan fingerprint density at radius 2 is 1.87 bits per heavy atom. The predicted octanol–water partition coefficient (Wildman–Crippen LogP) is 3.21. The van der Waals surface area contributed by atoms with Crippen LogP contribution in [0.1, 0.15) is 5.56 Å². The van der Waals surface area contributed by atoms with Crippen LogP contribution < -0.4 is 9.46 Å². The van der Waals surface area contributed by atoms with Crippen molar-refractivity contribution in [2.75, 3.05) is 11.8 Å². The summed E-state index contributed by atoms with van der Waals surface area (Å²) in [5.74, 6) is 0.162. The summed E-state index contributed by atoms with van der Waals surface area (Å²) in [6.45, 7) is 0. The number of aliphatic hydroxyl groups is 1. The Morgan fingerprint density at radius 1 is 1.22 bits per heavy atom. The number of hydrogen-bond acceptors (Lipinski definition) is 5. The Kier molecular flexibility index (Phi) is 4.83. The lowest BCUT2D eigenvalue weighted by atomic mass is 10.1. The second kappa shape index (κ2) is 6.81. The monoisotopic (exact) mass is 332 g/mol. The van der Waals surface area contributed by atoms with Crippen molar-refractivity contribution >= 4 is 21.5 Å².